The number of nitrogens with zero attached hydrogens (tertiary/aromatic N) is 3. The van der Waals surface area contributed by atoms with Crippen molar-refractivity contribution in [2.24, 2.45) is 5.14 Å². The molecule has 3 aromatic rings. The summed E-state index contributed by atoms with van der Waals surface area (Å²) in [6, 6.07) is 8.73. The van der Waals surface area contributed by atoms with E-state index in [2.05, 4.69) is 15.4 Å². The van der Waals surface area contributed by atoms with Gasteiger partial charge in [0.2, 0.25) is 10.0 Å². The van der Waals surface area contributed by atoms with E-state index in [0.717, 1.165) is 6.07 Å². The van der Waals surface area contributed by atoms with Gasteiger partial charge < -0.3 is 10.1 Å². The number of halogens is 5. The summed E-state index contributed by atoms with van der Waals surface area (Å²) < 4.78 is 88.4. The molecule has 0 aliphatic carbocycles. The van der Waals surface area contributed by atoms with Crippen molar-refractivity contribution in [3.8, 4) is 5.69 Å². The van der Waals surface area contributed by atoms with Crippen LogP contribution in [0.5, 0.6) is 0 Å². The van der Waals surface area contributed by atoms with Crippen LogP contribution in [-0.2, 0) is 21.0 Å². The van der Waals surface area contributed by atoms with Crippen molar-refractivity contribution in [1.29, 1.82) is 0 Å². The first kappa shape index (κ1) is 24.3. The van der Waals surface area contributed by atoms with E-state index >= 15 is 0 Å². The molecule has 0 aliphatic rings. The minimum absolute atomic E-state index is 0.0253. The monoisotopic (exact) mass is 489 g/mol. The van der Waals surface area contributed by atoms with E-state index in [1.54, 1.807) is 0 Å². The van der Waals surface area contributed by atoms with E-state index in [0.29, 0.717) is 22.9 Å². The molecular formula is C19H16F5N5O3S. The van der Waals surface area contributed by atoms with E-state index in [1.165, 1.54) is 36.4 Å². The molecule has 1 aromatic heterocycles. The highest BCUT2D eigenvalue weighted by Crippen LogP contribution is 2.28. The van der Waals surface area contributed by atoms with Gasteiger partial charge in [-0.3, -0.25) is 0 Å². The predicted molar refractivity (Wildman–Crippen MR) is 106 cm³/mol. The van der Waals surface area contributed by atoms with Gasteiger partial charge in [0.15, 0.2) is 0 Å². The van der Waals surface area contributed by atoms with E-state index in [-0.39, 0.29) is 23.5 Å². The van der Waals surface area contributed by atoms with Crippen molar-refractivity contribution in [1.82, 2.24) is 14.8 Å². The van der Waals surface area contributed by atoms with Crippen LogP contribution in [0.3, 0.4) is 0 Å². The Hall–Kier alpha value is -3.39. The van der Waals surface area contributed by atoms with E-state index in [4.69, 9.17) is 5.14 Å². The van der Waals surface area contributed by atoms with Crippen LogP contribution >= 0.6 is 0 Å². The highest BCUT2D eigenvalue weighted by Gasteiger charge is 2.36. The lowest BCUT2D eigenvalue weighted by Gasteiger charge is -2.15. The second-order valence-corrected chi connectivity index (χ2v) is 8.36. The maximum absolute atomic E-state index is 12.8. The predicted octanol–water partition coefficient (Wildman–Crippen LogP) is 3.27. The molecule has 0 amide bonds. The normalized spacial score (nSPS) is 13.2. The van der Waals surface area contributed by atoms with E-state index in [1.807, 2.05) is 0 Å². The summed E-state index contributed by atoms with van der Waals surface area (Å²) in [5, 5.41) is 11.3. The second-order valence-electron chi connectivity index (χ2n) is 6.83. The van der Waals surface area contributed by atoms with Gasteiger partial charge in [0, 0.05) is 17.8 Å². The summed E-state index contributed by atoms with van der Waals surface area (Å²) in [7, 11) is -4.39. The van der Waals surface area contributed by atoms with Gasteiger partial charge >= 0.3 is 6.18 Å². The molecule has 0 radical (unpaired) electrons. The van der Waals surface area contributed by atoms with Gasteiger partial charge in [0.25, 0.3) is 12.2 Å². The largest absolute Gasteiger partial charge is 0.453 e. The van der Waals surface area contributed by atoms with Crippen molar-refractivity contribution in [2.75, 3.05) is 11.9 Å². The summed E-state index contributed by atoms with van der Waals surface area (Å²) in [6.07, 6.45) is -6.19. The maximum Gasteiger partial charge on any atom is 0.453 e. The van der Waals surface area contributed by atoms with Crippen molar-refractivity contribution >= 4 is 22.0 Å². The van der Waals surface area contributed by atoms with Gasteiger partial charge in [-0.15, -0.1) is 5.10 Å². The highest BCUT2D eigenvalue weighted by molar-refractivity contribution is 7.89. The summed E-state index contributed by atoms with van der Waals surface area (Å²) in [6.45, 7) is -0.0253. The number of nitrogens with one attached hydrogen (secondary N) is 1. The van der Waals surface area contributed by atoms with Crippen molar-refractivity contribution in [3.05, 3.63) is 65.7 Å². The third kappa shape index (κ3) is 5.70. The van der Waals surface area contributed by atoms with Crippen molar-refractivity contribution in [3.63, 3.8) is 0 Å². The van der Waals surface area contributed by atoms with Gasteiger partial charge in [0.05, 0.1) is 11.6 Å². The number of carbonyl (C=O) groups excluding carboxylic acids is 1. The van der Waals surface area contributed by atoms with Gasteiger partial charge in [-0.05, 0) is 23.8 Å². The number of anilines is 1. The van der Waals surface area contributed by atoms with E-state index in [9.17, 15) is 35.2 Å². The smallest absolute Gasteiger partial charge is 0.384 e. The molecular weight excluding hydrogens is 473 g/mol. The molecule has 3 N–H and O–H groups in total. The Morgan fingerprint density at radius 1 is 1.09 bits per heavy atom. The minimum atomic E-state index is -4.83. The summed E-state index contributed by atoms with van der Waals surface area (Å²) in [5.41, 5.74) is 0.176. The molecule has 33 heavy (non-hydrogen) atoms. The Kier molecular flexibility index (Phi) is 6.78. The van der Waals surface area contributed by atoms with E-state index < -0.39 is 39.3 Å². The third-order valence-corrected chi connectivity index (χ3v) is 5.51. The fraction of sp³-hybridized carbons (Fsp3) is 0.211. The van der Waals surface area contributed by atoms with Crippen molar-refractivity contribution < 1.29 is 35.2 Å². The molecule has 1 heterocycles. The molecule has 1 unspecified atom stereocenters. The number of aromatic nitrogens is 3. The molecule has 0 aliphatic heterocycles. The molecule has 176 valence electrons. The standard InChI is InChI=1S/C19H16F5N5O3S/c20-17(21)12-3-1-11(2-4-12)13(9-30)8-26-14-5-6-15(16(7-14)33(25,31)32)29-10-27-18(28-29)19(22,23)24/h1-7,9-10,13,17,26H,8H2,(H2,25,31,32). The maximum atomic E-state index is 12.8. The first-order valence-electron chi connectivity index (χ1n) is 9.13. The number of hydrogen-bond donors (Lipinski definition) is 2. The minimum Gasteiger partial charge on any atom is -0.384 e. The molecule has 1 atom stereocenters. The second kappa shape index (κ2) is 9.23. The molecule has 2 aromatic carbocycles. The number of carbonyl (C=O) groups is 1. The fourth-order valence-electron chi connectivity index (χ4n) is 2.91. The number of rotatable bonds is 8. The molecule has 0 saturated carbocycles. The average Bonchev–Trinajstić information content (AvgIpc) is 3.24. The SMILES string of the molecule is NS(=O)(=O)c1cc(NCC(C=O)c2ccc(C(F)F)cc2)ccc1-n1cnc(C(F)(F)F)n1. The molecule has 0 spiro atoms. The lowest BCUT2D eigenvalue weighted by Crippen LogP contribution is -2.18. The van der Waals surface area contributed by atoms with Crippen LogP contribution in [-0.4, -0.2) is 36.0 Å². The highest BCUT2D eigenvalue weighted by atomic mass is 32.2. The van der Waals surface area contributed by atoms with Crippen molar-refractivity contribution in [2.45, 2.75) is 23.4 Å². The number of sulfonamides is 1. The molecule has 3 rings (SSSR count). The lowest BCUT2D eigenvalue weighted by molar-refractivity contribution is -0.144. The Labute approximate surface area is 184 Å². The lowest BCUT2D eigenvalue weighted by atomic mass is 9.99. The van der Waals surface area contributed by atoms with Gasteiger partial charge in [-0.2, -0.15) is 13.2 Å². The van der Waals surface area contributed by atoms with Crippen LogP contribution in [0.25, 0.3) is 5.69 Å². The Bertz CT molecular complexity index is 1240. The molecule has 0 saturated heterocycles. The topological polar surface area (TPSA) is 120 Å². The first-order valence-corrected chi connectivity index (χ1v) is 10.7. The summed E-state index contributed by atoms with van der Waals surface area (Å²) in [5.74, 6) is -2.21. The first-order chi connectivity index (χ1) is 15.4. The molecule has 0 bridgehead atoms. The van der Waals surface area contributed by atoms with Crippen LogP contribution in [0.15, 0.2) is 53.7 Å². The van der Waals surface area contributed by atoms with Gasteiger partial charge in [-0.1, -0.05) is 24.3 Å². The average molecular weight is 489 g/mol. The zero-order chi connectivity index (χ0) is 24.4. The molecule has 14 heteroatoms. The zero-order valence-corrected chi connectivity index (χ0v) is 17.3. The number of aldehydes is 1. The zero-order valence-electron chi connectivity index (χ0n) is 16.5. The van der Waals surface area contributed by atoms with Crippen LogP contribution in [0.4, 0.5) is 27.6 Å². The van der Waals surface area contributed by atoms with Crippen LogP contribution in [0.2, 0.25) is 0 Å². The summed E-state index contributed by atoms with van der Waals surface area (Å²) in [4.78, 5) is 14.1. The van der Waals surface area contributed by atoms with Crippen LogP contribution in [0, 0.1) is 0 Å². The number of alkyl halides is 5. The molecule has 0 fully saturated rings. The van der Waals surface area contributed by atoms with Gasteiger partial charge in [-0.25, -0.2) is 32.0 Å². The Morgan fingerprint density at radius 3 is 2.24 bits per heavy atom. The number of nitrogens with two attached hydrogens (primary N) is 1. The fourth-order valence-corrected chi connectivity index (χ4v) is 3.66. The number of hydrogen-bond acceptors (Lipinski definition) is 6. The Balaban J connectivity index is 1.85. The summed E-state index contributed by atoms with van der Waals surface area (Å²) >= 11 is 0. The number of primary sulfonamides is 1. The number of benzene rings is 2. The van der Waals surface area contributed by atoms with Crippen LogP contribution in [0.1, 0.15) is 29.3 Å². The quantitative estimate of drug-likeness (QED) is 0.370. The van der Waals surface area contributed by atoms with Gasteiger partial charge in [0.1, 0.15) is 17.5 Å². The third-order valence-electron chi connectivity index (χ3n) is 4.57. The van der Waals surface area contributed by atoms with Crippen LogP contribution < -0.4 is 10.5 Å². The Morgan fingerprint density at radius 2 is 1.73 bits per heavy atom. The molecule has 8 nitrogen and oxygen atoms in total.